The van der Waals surface area contributed by atoms with Crippen LogP contribution in [0.25, 0.3) is 0 Å². The number of para-hydroxylation sites is 1. The maximum atomic E-state index is 14.3. The van der Waals surface area contributed by atoms with Crippen molar-refractivity contribution in [1.29, 1.82) is 0 Å². The summed E-state index contributed by atoms with van der Waals surface area (Å²) in [6.45, 7) is 9.03. The molecule has 3 aliphatic rings. The largest absolute Gasteiger partial charge is 0.462 e. The summed E-state index contributed by atoms with van der Waals surface area (Å²) in [4.78, 5) is 28.9. The van der Waals surface area contributed by atoms with E-state index in [2.05, 4.69) is 49.7 Å². The Labute approximate surface area is 242 Å². The predicted molar refractivity (Wildman–Crippen MR) is 159 cm³/mol. The number of allylic oxidation sites excluding steroid dienone is 4. The van der Waals surface area contributed by atoms with Crippen molar-refractivity contribution < 1.29 is 18.7 Å². The number of halogens is 1. The highest BCUT2D eigenvalue weighted by Crippen LogP contribution is 2.55. The highest BCUT2D eigenvalue weighted by atomic mass is 19.1. The number of hydrogen-bond donors (Lipinski definition) is 1. The SMILES string of the molecule is CC(C)C1=C(C(=O)Nc2ccccc2)C(C2(C)C=C=CC=C2)C(c2ccc(F)cc2)N1CC[C@@H]1C[C@@H](C)CC(=O)O1. The first kappa shape index (κ1) is 28.6. The molecule has 1 N–H and O–H groups in total. The maximum absolute atomic E-state index is 14.3. The lowest BCUT2D eigenvalue weighted by atomic mass is 9.67. The van der Waals surface area contributed by atoms with Gasteiger partial charge in [0.05, 0.1) is 6.04 Å². The Hall–Kier alpha value is -3.89. The molecule has 5 atom stereocenters. The van der Waals surface area contributed by atoms with E-state index in [1.165, 1.54) is 12.1 Å². The molecule has 2 aliphatic heterocycles. The molecule has 2 aromatic rings. The van der Waals surface area contributed by atoms with Crippen LogP contribution in [0.5, 0.6) is 0 Å². The second-order valence-corrected chi connectivity index (χ2v) is 12.1. The number of cyclic esters (lactones) is 1. The van der Waals surface area contributed by atoms with Crippen molar-refractivity contribution in [2.75, 3.05) is 11.9 Å². The van der Waals surface area contributed by atoms with E-state index >= 15 is 0 Å². The predicted octanol–water partition coefficient (Wildman–Crippen LogP) is 7.37. The van der Waals surface area contributed by atoms with E-state index in [-0.39, 0.29) is 47.6 Å². The zero-order chi connectivity index (χ0) is 29.1. The Balaban J connectivity index is 1.63. The van der Waals surface area contributed by atoms with Gasteiger partial charge in [-0.25, -0.2) is 4.39 Å². The lowest BCUT2D eigenvalue weighted by Crippen LogP contribution is -2.38. The summed E-state index contributed by atoms with van der Waals surface area (Å²) >= 11 is 0. The van der Waals surface area contributed by atoms with Crippen LogP contribution >= 0.6 is 0 Å². The molecule has 1 amide bonds. The number of benzene rings is 2. The molecule has 0 saturated carbocycles. The summed E-state index contributed by atoms with van der Waals surface area (Å²) in [5.41, 5.74) is 6.09. The smallest absolute Gasteiger partial charge is 0.306 e. The molecule has 5 rings (SSSR count). The van der Waals surface area contributed by atoms with Crippen LogP contribution < -0.4 is 5.32 Å². The van der Waals surface area contributed by atoms with Crippen LogP contribution in [-0.4, -0.2) is 29.4 Å². The third-order valence-electron chi connectivity index (χ3n) is 8.47. The first-order valence-electron chi connectivity index (χ1n) is 14.6. The van der Waals surface area contributed by atoms with Gasteiger partial charge in [-0.1, -0.05) is 70.2 Å². The molecule has 6 heteroatoms. The van der Waals surface area contributed by atoms with E-state index in [9.17, 15) is 14.0 Å². The molecular weight excluding hydrogens is 515 g/mol. The summed E-state index contributed by atoms with van der Waals surface area (Å²) in [6, 6.07) is 15.9. The second-order valence-electron chi connectivity index (χ2n) is 12.1. The molecule has 1 fully saturated rings. The Morgan fingerprint density at radius 1 is 1.17 bits per heavy atom. The second kappa shape index (κ2) is 11.9. The number of anilines is 1. The van der Waals surface area contributed by atoms with E-state index < -0.39 is 5.41 Å². The van der Waals surface area contributed by atoms with Crippen molar-refractivity contribution in [1.82, 2.24) is 4.90 Å². The number of carbonyl (C=O) groups is 2. The highest BCUT2D eigenvalue weighted by Gasteiger charge is 2.51. The molecule has 0 aromatic heterocycles. The molecule has 0 spiro atoms. The normalized spacial score (nSPS) is 27.5. The van der Waals surface area contributed by atoms with Crippen LogP contribution in [0.4, 0.5) is 10.1 Å². The van der Waals surface area contributed by atoms with Gasteiger partial charge in [-0.2, -0.15) is 0 Å². The number of amides is 1. The van der Waals surface area contributed by atoms with Crippen molar-refractivity contribution in [2.45, 2.75) is 59.1 Å². The van der Waals surface area contributed by atoms with Crippen LogP contribution in [0.15, 0.2) is 95.9 Å². The molecule has 214 valence electrons. The Kier molecular flexibility index (Phi) is 8.32. The monoisotopic (exact) mass is 554 g/mol. The van der Waals surface area contributed by atoms with E-state index in [4.69, 9.17) is 4.74 Å². The van der Waals surface area contributed by atoms with Crippen LogP contribution in [0.2, 0.25) is 0 Å². The first-order chi connectivity index (χ1) is 19.7. The fraction of sp³-hybridized carbons (Fsp3) is 0.400. The van der Waals surface area contributed by atoms with Gasteiger partial charge in [0.25, 0.3) is 5.91 Å². The summed E-state index contributed by atoms with van der Waals surface area (Å²) in [5, 5.41) is 3.15. The molecule has 3 unspecified atom stereocenters. The molecule has 41 heavy (non-hydrogen) atoms. The van der Waals surface area contributed by atoms with Crippen molar-refractivity contribution >= 4 is 17.6 Å². The zero-order valence-corrected chi connectivity index (χ0v) is 24.3. The van der Waals surface area contributed by atoms with E-state index in [1.807, 2.05) is 60.7 Å². The van der Waals surface area contributed by atoms with Crippen molar-refractivity contribution in [2.24, 2.45) is 23.2 Å². The van der Waals surface area contributed by atoms with Gasteiger partial charge < -0.3 is 15.0 Å². The molecule has 5 nitrogen and oxygen atoms in total. The molecule has 2 aromatic carbocycles. The summed E-state index contributed by atoms with van der Waals surface area (Å²) in [7, 11) is 0. The Bertz CT molecular complexity index is 1400. The lowest BCUT2D eigenvalue weighted by Gasteiger charge is -2.40. The molecule has 0 radical (unpaired) electrons. The molecule has 0 bridgehead atoms. The van der Waals surface area contributed by atoms with Crippen molar-refractivity contribution in [3.63, 3.8) is 0 Å². The van der Waals surface area contributed by atoms with Gasteiger partial charge in [0.2, 0.25) is 0 Å². The minimum Gasteiger partial charge on any atom is -0.462 e. The molecular formula is C35H39FN2O3. The van der Waals surface area contributed by atoms with Crippen LogP contribution in [-0.2, 0) is 14.3 Å². The number of nitrogens with one attached hydrogen (secondary N) is 1. The van der Waals surface area contributed by atoms with Crippen molar-refractivity contribution in [3.05, 3.63) is 107 Å². The number of esters is 1. The molecule has 1 aliphatic carbocycles. The summed E-state index contributed by atoms with van der Waals surface area (Å²) < 4.78 is 19.9. The fourth-order valence-corrected chi connectivity index (χ4v) is 6.70. The van der Waals surface area contributed by atoms with E-state index in [0.717, 1.165) is 28.9 Å². The third-order valence-corrected chi connectivity index (χ3v) is 8.47. The van der Waals surface area contributed by atoms with Gasteiger partial charge in [-0.15, -0.1) is 5.73 Å². The highest BCUT2D eigenvalue weighted by molar-refractivity contribution is 6.05. The fourth-order valence-electron chi connectivity index (χ4n) is 6.70. The lowest BCUT2D eigenvalue weighted by molar-refractivity contribution is -0.156. The molecule has 1 saturated heterocycles. The maximum Gasteiger partial charge on any atom is 0.306 e. The average Bonchev–Trinajstić information content (AvgIpc) is 3.29. The number of nitrogens with zero attached hydrogens (tertiary/aromatic N) is 1. The average molecular weight is 555 g/mol. The topological polar surface area (TPSA) is 58.6 Å². The van der Waals surface area contributed by atoms with Gasteiger partial charge in [0.15, 0.2) is 0 Å². The van der Waals surface area contributed by atoms with Gasteiger partial charge in [-0.05, 0) is 60.2 Å². The number of hydrogen-bond acceptors (Lipinski definition) is 4. The third kappa shape index (κ3) is 6.08. The Morgan fingerprint density at radius 2 is 1.90 bits per heavy atom. The number of carbonyl (C=O) groups excluding carboxylic acids is 2. The number of rotatable bonds is 8. The standard InChI is InChI=1S/C35H39FN2O3/c1-23(2)32-30(34(40)37-27-11-7-5-8-12-27)31(35(4)18-9-6-10-19-35)33(25-13-15-26(36)16-14-25)38(32)20-17-28-21-24(3)22-29(39)41-28/h5-9,11-16,18-19,23-24,28,31,33H,17,20-22H2,1-4H3,(H,37,40)/t24-,28-,31?,33?,35?/m1/s1. The quantitative estimate of drug-likeness (QED) is 0.274. The van der Waals surface area contributed by atoms with Gasteiger partial charge in [-0.3, -0.25) is 9.59 Å². The zero-order valence-electron chi connectivity index (χ0n) is 24.3. The van der Waals surface area contributed by atoms with E-state index in [1.54, 1.807) is 0 Å². The molecule has 2 heterocycles. The summed E-state index contributed by atoms with van der Waals surface area (Å²) in [6.07, 6.45) is 9.76. The van der Waals surface area contributed by atoms with E-state index in [0.29, 0.717) is 19.4 Å². The van der Waals surface area contributed by atoms with Crippen LogP contribution in [0.1, 0.15) is 58.6 Å². The minimum atomic E-state index is -0.530. The Morgan fingerprint density at radius 3 is 2.54 bits per heavy atom. The first-order valence-corrected chi connectivity index (χ1v) is 14.6. The van der Waals surface area contributed by atoms with Crippen LogP contribution in [0, 0.1) is 29.0 Å². The minimum absolute atomic E-state index is 0.0305. The van der Waals surface area contributed by atoms with Gasteiger partial charge in [0, 0.05) is 47.7 Å². The number of ether oxygens (including phenoxy) is 1. The van der Waals surface area contributed by atoms with Crippen LogP contribution in [0.3, 0.4) is 0 Å². The summed E-state index contributed by atoms with van der Waals surface area (Å²) in [5.74, 6) is -0.570. The van der Waals surface area contributed by atoms with Gasteiger partial charge >= 0.3 is 5.97 Å². The van der Waals surface area contributed by atoms with Gasteiger partial charge in [0.1, 0.15) is 11.9 Å². The van der Waals surface area contributed by atoms with Crippen molar-refractivity contribution in [3.8, 4) is 0 Å².